The third-order valence-electron chi connectivity index (χ3n) is 5.23. The van der Waals surface area contributed by atoms with Crippen molar-refractivity contribution in [1.82, 2.24) is 9.97 Å². The molecule has 34 heavy (non-hydrogen) atoms. The van der Waals surface area contributed by atoms with Crippen LogP contribution in [0.15, 0.2) is 71.7 Å². The van der Waals surface area contributed by atoms with Gasteiger partial charge in [-0.05, 0) is 53.6 Å². The maximum Gasteiger partial charge on any atom is 0.418 e. The number of methoxy groups -OCH3 is 1. The number of nitrogens with zero attached hydrogens (tertiary/aromatic N) is 2. The summed E-state index contributed by atoms with van der Waals surface area (Å²) in [6, 6.07) is 14.1. The van der Waals surface area contributed by atoms with E-state index in [2.05, 4.69) is 15.3 Å². The summed E-state index contributed by atoms with van der Waals surface area (Å²) in [7, 11) is 2.76. The summed E-state index contributed by atoms with van der Waals surface area (Å²) in [5.74, 6) is 0.501. The lowest BCUT2D eigenvalue weighted by atomic mass is 10.0. The second-order valence-corrected chi connectivity index (χ2v) is 7.40. The van der Waals surface area contributed by atoms with E-state index in [4.69, 9.17) is 4.74 Å². The number of H-pyrrole nitrogens is 1. The molecule has 4 aromatic rings. The summed E-state index contributed by atoms with van der Waals surface area (Å²) in [6.07, 6.45) is -3.23. The lowest BCUT2D eigenvalue weighted by molar-refractivity contribution is -0.136. The molecule has 0 aliphatic carbocycles. The Morgan fingerprint density at radius 2 is 1.82 bits per heavy atom. The van der Waals surface area contributed by atoms with Crippen molar-refractivity contribution in [2.24, 2.45) is 0 Å². The Morgan fingerprint density at radius 3 is 2.56 bits per heavy atom. The number of hydrogen-bond donors (Lipinski definition) is 2. The highest BCUT2D eigenvalue weighted by molar-refractivity contribution is 6.02. The molecule has 0 bridgehead atoms. The molecule has 0 radical (unpaired) electrons. The summed E-state index contributed by atoms with van der Waals surface area (Å²) in [5.41, 5.74) is -0.946. The number of alkyl halides is 3. The average Bonchev–Trinajstić information content (AvgIpc) is 2.82. The molecule has 2 aromatic heterocycles. The van der Waals surface area contributed by atoms with Crippen LogP contribution in [0.25, 0.3) is 22.2 Å². The molecule has 0 unspecified atom stereocenters. The van der Waals surface area contributed by atoms with Crippen molar-refractivity contribution in [3.8, 4) is 16.9 Å². The van der Waals surface area contributed by atoms with Gasteiger partial charge in [0.05, 0.1) is 18.4 Å². The van der Waals surface area contributed by atoms with Crippen LogP contribution in [0.3, 0.4) is 0 Å². The van der Waals surface area contributed by atoms with Gasteiger partial charge in [-0.1, -0.05) is 18.2 Å². The number of urea groups is 1. The number of hydrogen-bond acceptors (Lipinski definition) is 4. The molecule has 0 aliphatic rings. The highest BCUT2D eigenvalue weighted by Crippen LogP contribution is 2.38. The number of nitrogens with one attached hydrogen (secondary N) is 2. The minimum Gasteiger partial charge on any atom is -0.497 e. The van der Waals surface area contributed by atoms with Crippen LogP contribution in [0, 0.1) is 0 Å². The third kappa shape index (κ3) is 4.56. The largest absolute Gasteiger partial charge is 0.497 e. The Kier molecular flexibility index (Phi) is 5.97. The zero-order valence-corrected chi connectivity index (χ0v) is 18.1. The van der Waals surface area contributed by atoms with Crippen molar-refractivity contribution in [3.05, 3.63) is 82.8 Å². The van der Waals surface area contributed by atoms with Gasteiger partial charge in [0.2, 0.25) is 0 Å². The summed E-state index contributed by atoms with van der Waals surface area (Å²) in [5, 5.41) is 2.83. The molecule has 0 fully saturated rings. The van der Waals surface area contributed by atoms with Gasteiger partial charge < -0.3 is 15.0 Å². The number of carbonyl (C=O) groups excluding carboxylic acids is 1. The smallest absolute Gasteiger partial charge is 0.418 e. The molecule has 0 spiro atoms. The number of benzene rings is 2. The van der Waals surface area contributed by atoms with Gasteiger partial charge in [0, 0.05) is 18.6 Å². The summed E-state index contributed by atoms with van der Waals surface area (Å²) >= 11 is 0. The van der Waals surface area contributed by atoms with Gasteiger partial charge >= 0.3 is 12.2 Å². The lowest BCUT2D eigenvalue weighted by Crippen LogP contribution is -2.35. The second-order valence-electron chi connectivity index (χ2n) is 7.40. The lowest BCUT2D eigenvalue weighted by Gasteiger charge is -2.20. The quantitative estimate of drug-likeness (QED) is 0.426. The van der Waals surface area contributed by atoms with E-state index in [9.17, 15) is 22.8 Å². The number of aromatic amines is 1. The van der Waals surface area contributed by atoms with Crippen molar-refractivity contribution in [1.29, 1.82) is 0 Å². The van der Waals surface area contributed by atoms with Crippen molar-refractivity contribution >= 4 is 28.4 Å². The molecule has 0 aliphatic heterocycles. The predicted molar refractivity (Wildman–Crippen MR) is 123 cm³/mol. The number of aromatic nitrogens is 2. The van der Waals surface area contributed by atoms with Crippen LogP contribution < -0.4 is 20.5 Å². The fourth-order valence-corrected chi connectivity index (χ4v) is 3.45. The minimum atomic E-state index is -4.73. The van der Waals surface area contributed by atoms with E-state index in [0.29, 0.717) is 27.9 Å². The fraction of sp³-hybridized carbons (Fsp3) is 0.125. The van der Waals surface area contributed by atoms with E-state index in [0.717, 1.165) is 11.0 Å². The number of anilines is 2. The zero-order valence-electron chi connectivity index (χ0n) is 18.1. The van der Waals surface area contributed by atoms with Crippen molar-refractivity contribution in [2.75, 3.05) is 24.4 Å². The topological polar surface area (TPSA) is 87.3 Å². The first kappa shape index (κ1) is 22.8. The van der Waals surface area contributed by atoms with Gasteiger partial charge in [-0.25, -0.2) is 9.78 Å². The van der Waals surface area contributed by atoms with E-state index in [-0.39, 0.29) is 5.69 Å². The first-order valence-corrected chi connectivity index (χ1v) is 10.1. The first-order valence-electron chi connectivity index (χ1n) is 10.1. The average molecular weight is 468 g/mol. The molecular formula is C24H19F3N4O3. The summed E-state index contributed by atoms with van der Waals surface area (Å²) in [6.45, 7) is 0. The van der Waals surface area contributed by atoms with Crippen LogP contribution in [-0.4, -0.2) is 30.2 Å². The van der Waals surface area contributed by atoms with Crippen molar-refractivity contribution in [3.63, 3.8) is 0 Å². The summed E-state index contributed by atoms with van der Waals surface area (Å²) < 4.78 is 46.7. The molecule has 0 saturated heterocycles. The molecule has 0 atom stereocenters. The normalized spacial score (nSPS) is 11.3. The van der Waals surface area contributed by atoms with Crippen LogP contribution in [-0.2, 0) is 6.18 Å². The van der Waals surface area contributed by atoms with Gasteiger partial charge in [-0.2, -0.15) is 13.2 Å². The Hall–Kier alpha value is -4.34. The molecule has 0 saturated carbocycles. The van der Waals surface area contributed by atoms with E-state index in [1.807, 2.05) is 0 Å². The summed E-state index contributed by atoms with van der Waals surface area (Å²) in [4.78, 5) is 32.7. The van der Waals surface area contributed by atoms with Crippen LogP contribution >= 0.6 is 0 Å². The SMILES string of the molecule is COc1cccc(-c2ccc(NC(=O)N(C)c3cc4cccnc4[nH]c3=O)c(C(F)(F)F)c2)c1. The third-order valence-corrected chi connectivity index (χ3v) is 5.23. The van der Waals surface area contributed by atoms with Crippen molar-refractivity contribution < 1.29 is 22.7 Å². The van der Waals surface area contributed by atoms with Crippen LogP contribution in [0.5, 0.6) is 5.75 Å². The maximum atomic E-state index is 13.9. The maximum absolute atomic E-state index is 13.9. The number of pyridine rings is 2. The molecular weight excluding hydrogens is 449 g/mol. The van der Waals surface area contributed by atoms with E-state index in [1.54, 1.807) is 36.4 Å². The predicted octanol–water partition coefficient (Wildman–Crippen LogP) is 5.29. The monoisotopic (exact) mass is 468 g/mol. The minimum absolute atomic E-state index is 0.0421. The Labute approximate surface area is 191 Å². The van der Waals surface area contributed by atoms with Crippen molar-refractivity contribution in [2.45, 2.75) is 6.18 Å². The molecule has 4 rings (SSSR count). The number of ether oxygens (including phenoxy) is 1. The molecule has 2 amide bonds. The van der Waals surface area contributed by atoms with Crippen LogP contribution in [0.1, 0.15) is 5.56 Å². The molecule has 2 aromatic carbocycles. The van der Waals surface area contributed by atoms with Crippen LogP contribution in [0.4, 0.5) is 29.3 Å². The Balaban J connectivity index is 1.67. The molecule has 10 heteroatoms. The van der Waals surface area contributed by atoms with Gasteiger partial charge in [0.15, 0.2) is 0 Å². The molecule has 7 nitrogen and oxygen atoms in total. The Morgan fingerprint density at radius 1 is 1.06 bits per heavy atom. The highest BCUT2D eigenvalue weighted by atomic mass is 19.4. The number of carbonyl (C=O) groups is 1. The van der Waals surface area contributed by atoms with E-state index >= 15 is 0 Å². The fourth-order valence-electron chi connectivity index (χ4n) is 3.45. The number of rotatable bonds is 4. The van der Waals surface area contributed by atoms with Gasteiger partial charge in [0.1, 0.15) is 17.1 Å². The van der Waals surface area contributed by atoms with Gasteiger partial charge in [-0.3, -0.25) is 9.69 Å². The second kappa shape index (κ2) is 8.89. The standard InChI is InChI=1S/C24H19F3N4O3/c1-31(20-13-16-6-4-10-28-21(16)30-22(20)32)23(33)29-19-9-8-15(12-18(19)24(25,26)27)14-5-3-7-17(11-14)34-2/h3-13H,1-2H3,(H,29,33)(H,28,30,32). The number of amides is 2. The van der Waals surface area contributed by atoms with E-state index in [1.165, 1.54) is 38.6 Å². The van der Waals surface area contributed by atoms with Gasteiger partial charge in [0.25, 0.3) is 5.56 Å². The van der Waals surface area contributed by atoms with Crippen LogP contribution in [0.2, 0.25) is 0 Å². The molecule has 2 N–H and O–H groups in total. The Bertz CT molecular complexity index is 1430. The zero-order chi connectivity index (χ0) is 24.5. The molecule has 2 heterocycles. The molecule has 174 valence electrons. The first-order chi connectivity index (χ1) is 16.2. The number of fused-ring (bicyclic) bond motifs is 1. The van der Waals surface area contributed by atoms with Gasteiger partial charge in [-0.15, -0.1) is 0 Å². The highest BCUT2D eigenvalue weighted by Gasteiger charge is 2.34. The number of halogens is 3. The van der Waals surface area contributed by atoms with E-state index < -0.39 is 29.0 Å².